The molecular weight excluding hydrogens is 368 g/mol. The molecule has 1 amide bonds. The summed E-state index contributed by atoms with van der Waals surface area (Å²) in [5.41, 5.74) is 1.21. The molecule has 1 saturated carbocycles. The van der Waals surface area contributed by atoms with Gasteiger partial charge in [0.05, 0.1) is 12.2 Å². The predicted octanol–water partition coefficient (Wildman–Crippen LogP) is 3.10. The summed E-state index contributed by atoms with van der Waals surface area (Å²) in [4.78, 5) is 25.9. The van der Waals surface area contributed by atoms with Crippen molar-refractivity contribution in [1.29, 1.82) is 0 Å². The van der Waals surface area contributed by atoms with Crippen molar-refractivity contribution in [1.82, 2.24) is 19.9 Å². The van der Waals surface area contributed by atoms with Gasteiger partial charge in [0, 0.05) is 19.0 Å². The molecule has 29 heavy (non-hydrogen) atoms. The Morgan fingerprint density at radius 2 is 1.79 bits per heavy atom. The zero-order chi connectivity index (χ0) is 20.0. The second-order valence-corrected chi connectivity index (χ2v) is 8.00. The third kappa shape index (κ3) is 3.37. The van der Waals surface area contributed by atoms with Crippen LogP contribution >= 0.6 is 0 Å². The lowest BCUT2D eigenvalue weighted by Gasteiger charge is -2.32. The molecule has 5 rings (SSSR count). The molecular formula is C22H22N4O3. The lowest BCUT2D eigenvalue weighted by atomic mass is 10.0. The summed E-state index contributed by atoms with van der Waals surface area (Å²) in [6.45, 7) is 1.35. The molecule has 7 heteroatoms. The standard InChI is InChI=1S/C22H22N4O3/c27-21(19-12-18(19)16-6-5-14-3-1-2-4-15(14)11-16)25-9-7-17(8-10-25)26-13-20(22(28)29)23-24-26/h1-6,11,13,17-19H,7-10,12H2,(H,28,29). The van der Waals surface area contributed by atoms with Crippen molar-refractivity contribution in [2.45, 2.75) is 31.2 Å². The molecule has 2 aliphatic rings. The summed E-state index contributed by atoms with van der Waals surface area (Å²) < 4.78 is 1.63. The van der Waals surface area contributed by atoms with E-state index < -0.39 is 5.97 Å². The fraction of sp³-hybridized carbons (Fsp3) is 0.364. The normalized spacial score (nSPS) is 22.0. The summed E-state index contributed by atoms with van der Waals surface area (Å²) in [5.74, 6) is -0.431. The minimum absolute atomic E-state index is 0.0419. The molecule has 0 radical (unpaired) electrons. The van der Waals surface area contributed by atoms with Crippen LogP contribution < -0.4 is 0 Å². The van der Waals surface area contributed by atoms with Gasteiger partial charge in [-0.15, -0.1) is 5.10 Å². The maximum absolute atomic E-state index is 13.0. The van der Waals surface area contributed by atoms with Crippen LogP contribution in [0.1, 0.15) is 47.3 Å². The number of rotatable bonds is 4. The number of hydrogen-bond donors (Lipinski definition) is 1. The minimum Gasteiger partial charge on any atom is -0.476 e. The third-order valence-electron chi connectivity index (χ3n) is 6.19. The van der Waals surface area contributed by atoms with Gasteiger partial charge in [-0.05, 0) is 41.5 Å². The molecule has 0 spiro atoms. The number of fused-ring (bicyclic) bond motifs is 1. The predicted molar refractivity (Wildman–Crippen MR) is 107 cm³/mol. The van der Waals surface area contributed by atoms with Crippen LogP contribution in [0.3, 0.4) is 0 Å². The van der Waals surface area contributed by atoms with Crippen molar-refractivity contribution in [2.24, 2.45) is 5.92 Å². The first-order valence-corrected chi connectivity index (χ1v) is 10.0. The van der Waals surface area contributed by atoms with Crippen molar-refractivity contribution in [3.8, 4) is 0 Å². The van der Waals surface area contributed by atoms with E-state index in [9.17, 15) is 9.59 Å². The van der Waals surface area contributed by atoms with E-state index >= 15 is 0 Å². The number of carbonyl (C=O) groups is 2. The number of amides is 1. The van der Waals surface area contributed by atoms with Gasteiger partial charge in [0.25, 0.3) is 0 Å². The first-order chi connectivity index (χ1) is 14.1. The second kappa shape index (κ2) is 6.99. The molecule has 1 aliphatic carbocycles. The summed E-state index contributed by atoms with van der Waals surface area (Å²) in [6.07, 6.45) is 3.92. The van der Waals surface area contributed by atoms with Crippen LogP contribution in [0.4, 0.5) is 0 Å². The summed E-state index contributed by atoms with van der Waals surface area (Å²) in [5, 5.41) is 19.0. The fourth-order valence-electron chi connectivity index (χ4n) is 4.41. The van der Waals surface area contributed by atoms with E-state index in [1.165, 1.54) is 22.5 Å². The maximum Gasteiger partial charge on any atom is 0.358 e. The summed E-state index contributed by atoms with van der Waals surface area (Å²) in [6, 6.07) is 14.9. The Kier molecular flexibility index (Phi) is 4.30. The van der Waals surface area contributed by atoms with E-state index in [1.807, 2.05) is 17.0 Å². The maximum atomic E-state index is 13.0. The summed E-state index contributed by atoms with van der Waals surface area (Å²) >= 11 is 0. The number of nitrogens with zero attached hydrogens (tertiary/aromatic N) is 4. The molecule has 1 aliphatic heterocycles. The molecule has 3 aromatic rings. The zero-order valence-electron chi connectivity index (χ0n) is 15.9. The molecule has 1 saturated heterocycles. The number of carboxylic acid groups (broad SMARTS) is 1. The van der Waals surface area contributed by atoms with E-state index in [2.05, 4.69) is 40.6 Å². The average molecular weight is 390 g/mol. The van der Waals surface area contributed by atoms with Gasteiger partial charge in [-0.1, -0.05) is 47.7 Å². The molecule has 1 aromatic heterocycles. The Labute approximate surface area is 167 Å². The molecule has 7 nitrogen and oxygen atoms in total. The molecule has 2 atom stereocenters. The number of carbonyl (C=O) groups excluding carboxylic acids is 1. The van der Waals surface area contributed by atoms with Crippen molar-refractivity contribution in [3.63, 3.8) is 0 Å². The van der Waals surface area contributed by atoms with Crippen molar-refractivity contribution in [2.75, 3.05) is 13.1 Å². The van der Waals surface area contributed by atoms with Crippen molar-refractivity contribution >= 4 is 22.6 Å². The monoisotopic (exact) mass is 390 g/mol. The van der Waals surface area contributed by atoms with Gasteiger partial charge in [0.15, 0.2) is 5.69 Å². The van der Waals surface area contributed by atoms with Crippen LogP contribution in [-0.2, 0) is 4.79 Å². The van der Waals surface area contributed by atoms with Gasteiger partial charge in [0.2, 0.25) is 5.91 Å². The Morgan fingerprint density at radius 3 is 2.52 bits per heavy atom. The fourth-order valence-corrected chi connectivity index (χ4v) is 4.41. The quantitative estimate of drug-likeness (QED) is 0.740. The van der Waals surface area contributed by atoms with Gasteiger partial charge in [-0.3, -0.25) is 4.79 Å². The lowest BCUT2D eigenvalue weighted by molar-refractivity contribution is -0.134. The van der Waals surface area contributed by atoms with E-state index in [1.54, 1.807) is 4.68 Å². The first kappa shape index (κ1) is 17.8. The largest absolute Gasteiger partial charge is 0.476 e. The average Bonchev–Trinajstić information content (AvgIpc) is 3.40. The second-order valence-electron chi connectivity index (χ2n) is 8.00. The van der Waals surface area contributed by atoms with Gasteiger partial charge < -0.3 is 10.0 Å². The minimum atomic E-state index is -1.07. The highest BCUT2D eigenvalue weighted by molar-refractivity contribution is 5.86. The molecule has 2 heterocycles. The van der Waals surface area contributed by atoms with Crippen LogP contribution in [0.2, 0.25) is 0 Å². The smallest absolute Gasteiger partial charge is 0.358 e. The number of carboxylic acids is 1. The van der Waals surface area contributed by atoms with E-state index in [0.29, 0.717) is 19.0 Å². The van der Waals surface area contributed by atoms with Crippen LogP contribution in [-0.4, -0.2) is 50.0 Å². The molecule has 1 N–H and O–H groups in total. The molecule has 2 fully saturated rings. The number of likely N-dealkylation sites (tertiary alicyclic amines) is 1. The molecule has 148 valence electrons. The lowest BCUT2D eigenvalue weighted by Crippen LogP contribution is -2.40. The van der Waals surface area contributed by atoms with Gasteiger partial charge >= 0.3 is 5.97 Å². The van der Waals surface area contributed by atoms with Crippen LogP contribution in [0.15, 0.2) is 48.7 Å². The number of piperidine rings is 1. The van der Waals surface area contributed by atoms with E-state index in [-0.39, 0.29) is 23.6 Å². The highest BCUT2D eigenvalue weighted by atomic mass is 16.4. The van der Waals surface area contributed by atoms with Crippen LogP contribution in [0.25, 0.3) is 10.8 Å². The van der Waals surface area contributed by atoms with E-state index in [4.69, 9.17) is 5.11 Å². The SMILES string of the molecule is O=C(O)c1cn(C2CCN(C(=O)C3CC3c3ccc4ccccc4c3)CC2)nn1. The third-order valence-corrected chi connectivity index (χ3v) is 6.19. The topological polar surface area (TPSA) is 88.3 Å². The van der Waals surface area contributed by atoms with Crippen molar-refractivity contribution in [3.05, 3.63) is 59.9 Å². The number of aromatic carboxylic acids is 1. The van der Waals surface area contributed by atoms with Gasteiger partial charge in [-0.25, -0.2) is 9.48 Å². The Balaban J connectivity index is 1.20. The molecule has 2 aromatic carbocycles. The Morgan fingerprint density at radius 1 is 1.03 bits per heavy atom. The van der Waals surface area contributed by atoms with Crippen LogP contribution in [0.5, 0.6) is 0 Å². The number of aromatic nitrogens is 3. The van der Waals surface area contributed by atoms with Crippen LogP contribution in [0, 0.1) is 5.92 Å². The van der Waals surface area contributed by atoms with Crippen molar-refractivity contribution < 1.29 is 14.7 Å². The zero-order valence-corrected chi connectivity index (χ0v) is 15.9. The molecule has 0 bridgehead atoms. The number of benzene rings is 2. The highest BCUT2D eigenvalue weighted by Crippen LogP contribution is 2.49. The van der Waals surface area contributed by atoms with Gasteiger partial charge in [0.1, 0.15) is 0 Å². The van der Waals surface area contributed by atoms with E-state index in [0.717, 1.165) is 19.3 Å². The Bertz CT molecular complexity index is 1080. The molecule has 2 unspecified atom stereocenters. The Hall–Kier alpha value is -3.22. The van der Waals surface area contributed by atoms with Gasteiger partial charge in [-0.2, -0.15) is 0 Å². The highest BCUT2D eigenvalue weighted by Gasteiger charge is 2.46. The number of hydrogen-bond acceptors (Lipinski definition) is 4. The first-order valence-electron chi connectivity index (χ1n) is 10.0. The summed E-state index contributed by atoms with van der Waals surface area (Å²) in [7, 11) is 0.